The highest BCUT2D eigenvalue weighted by Gasteiger charge is 2.21. The van der Waals surface area contributed by atoms with Gasteiger partial charge in [0.25, 0.3) is 0 Å². The van der Waals surface area contributed by atoms with E-state index in [1.807, 2.05) is 19.1 Å². The first-order chi connectivity index (χ1) is 7.07. The van der Waals surface area contributed by atoms with Gasteiger partial charge in [0.2, 0.25) is 0 Å². The summed E-state index contributed by atoms with van der Waals surface area (Å²) in [4.78, 5) is 2.13. The summed E-state index contributed by atoms with van der Waals surface area (Å²) < 4.78 is 22.5. The van der Waals surface area contributed by atoms with Crippen LogP contribution in [0.4, 0.5) is 5.69 Å². The van der Waals surface area contributed by atoms with Crippen molar-refractivity contribution in [1.29, 1.82) is 0 Å². The summed E-state index contributed by atoms with van der Waals surface area (Å²) in [6.07, 6.45) is 0. The van der Waals surface area contributed by atoms with Crippen molar-refractivity contribution in [3.63, 3.8) is 0 Å². The predicted octanol–water partition coefficient (Wildman–Crippen LogP) is 1.23. The molecule has 1 aromatic rings. The molecule has 0 radical (unpaired) electrons. The molecule has 1 aromatic carbocycles. The molecule has 0 amide bonds. The second-order valence-corrected chi connectivity index (χ2v) is 6.28. The summed E-state index contributed by atoms with van der Waals surface area (Å²) in [5, 5.41) is 0. The van der Waals surface area contributed by atoms with Crippen LogP contribution in [-0.4, -0.2) is 33.0 Å². The van der Waals surface area contributed by atoms with Crippen molar-refractivity contribution in [2.75, 3.05) is 29.5 Å². The third-order valence-electron chi connectivity index (χ3n) is 2.74. The van der Waals surface area contributed by atoms with E-state index >= 15 is 0 Å². The highest BCUT2D eigenvalue weighted by Crippen LogP contribution is 2.17. The first-order valence-electron chi connectivity index (χ1n) is 5.09. The van der Waals surface area contributed by atoms with Gasteiger partial charge >= 0.3 is 0 Å². The van der Waals surface area contributed by atoms with Crippen molar-refractivity contribution < 1.29 is 8.42 Å². The Kier molecular flexibility index (Phi) is 2.69. The Balaban J connectivity index is 2.11. The minimum absolute atomic E-state index is 0.279. The molecule has 82 valence electrons. The molecule has 1 heterocycles. The Morgan fingerprint density at radius 2 is 1.60 bits per heavy atom. The molecule has 0 atom stereocenters. The Bertz CT molecular complexity index is 422. The molecule has 1 fully saturated rings. The zero-order chi connectivity index (χ0) is 10.9. The van der Waals surface area contributed by atoms with E-state index in [1.165, 1.54) is 5.56 Å². The van der Waals surface area contributed by atoms with Crippen LogP contribution in [0.1, 0.15) is 5.56 Å². The minimum Gasteiger partial charge on any atom is -0.369 e. The van der Waals surface area contributed by atoms with E-state index in [4.69, 9.17) is 0 Å². The zero-order valence-electron chi connectivity index (χ0n) is 8.81. The van der Waals surface area contributed by atoms with Crippen LogP contribution < -0.4 is 4.90 Å². The summed E-state index contributed by atoms with van der Waals surface area (Å²) in [5.41, 5.74) is 2.35. The first kappa shape index (κ1) is 10.5. The van der Waals surface area contributed by atoms with Crippen LogP contribution >= 0.6 is 0 Å². The lowest BCUT2D eigenvalue weighted by molar-refractivity contribution is 0.587. The van der Waals surface area contributed by atoms with Gasteiger partial charge in [-0.25, -0.2) is 8.42 Å². The van der Waals surface area contributed by atoms with E-state index in [9.17, 15) is 8.42 Å². The van der Waals surface area contributed by atoms with E-state index in [1.54, 1.807) is 0 Å². The van der Waals surface area contributed by atoms with Crippen LogP contribution in [0.25, 0.3) is 0 Å². The molecular weight excluding hydrogens is 210 g/mol. The summed E-state index contributed by atoms with van der Waals surface area (Å²) in [5.74, 6) is 0.557. The van der Waals surface area contributed by atoms with Gasteiger partial charge in [-0.2, -0.15) is 0 Å². The van der Waals surface area contributed by atoms with E-state index in [0.29, 0.717) is 13.1 Å². The molecule has 0 N–H and O–H groups in total. The van der Waals surface area contributed by atoms with E-state index in [2.05, 4.69) is 17.0 Å². The molecule has 0 spiro atoms. The topological polar surface area (TPSA) is 37.4 Å². The second kappa shape index (κ2) is 3.85. The van der Waals surface area contributed by atoms with Crippen molar-refractivity contribution in [2.45, 2.75) is 6.92 Å². The molecule has 15 heavy (non-hydrogen) atoms. The van der Waals surface area contributed by atoms with Gasteiger partial charge < -0.3 is 4.90 Å². The fourth-order valence-corrected chi connectivity index (χ4v) is 2.93. The van der Waals surface area contributed by atoms with Crippen LogP contribution in [0, 0.1) is 6.92 Å². The molecule has 2 rings (SSSR count). The van der Waals surface area contributed by atoms with Crippen molar-refractivity contribution in [3.8, 4) is 0 Å². The molecule has 0 aromatic heterocycles. The Morgan fingerprint density at radius 1 is 1.07 bits per heavy atom. The fraction of sp³-hybridized carbons (Fsp3) is 0.455. The molecule has 1 aliphatic rings. The third-order valence-corrected chi connectivity index (χ3v) is 4.35. The van der Waals surface area contributed by atoms with Gasteiger partial charge in [0, 0.05) is 18.8 Å². The van der Waals surface area contributed by atoms with Crippen molar-refractivity contribution in [1.82, 2.24) is 0 Å². The number of hydrogen-bond donors (Lipinski definition) is 0. The summed E-state index contributed by atoms with van der Waals surface area (Å²) >= 11 is 0. The Labute approximate surface area is 90.6 Å². The van der Waals surface area contributed by atoms with Crippen LogP contribution in [-0.2, 0) is 9.84 Å². The lowest BCUT2D eigenvalue weighted by atomic mass is 10.2. The van der Waals surface area contributed by atoms with Crippen molar-refractivity contribution in [2.24, 2.45) is 0 Å². The highest BCUT2D eigenvalue weighted by atomic mass is 32.2. The average Bonchev–Trinajstić information content (AvgIpc) is 2.20. The smallest absolute Gasteiger partial charge is 0.153 e. The number of benzene rings is 1. The zero-order valence-corrected chi connectivity index (χ0v) is 9.63. The first-order valence-corrected chi connectivity index (χ1v) is 6.91. The monoisotopic (exact) mass is 225 g/mol. The largest absolute Gasteiger partial charge is 0.369 e. The molecular formula is C11H15NO2S. The Morgan fingerprint density at radius 3 is 2.13 bits per heavy atom. The molecule has 0 aliphatic carbocycles. The van der Waals surface area contributed by atoms with Gasteiger partial charge in [-0.05, 0) is 19.1 Å². The lowest BCUT2D eigenvalue weighted by Crippen LogP contribution is -2.40. The maximum atomic E-state index is 11.3. The van der Waals surface area contributed by atoms with E-state index in [-0.39, 0.29) is 11.5 Å². The van der Waals surface area contributed by atoms with Crippen LogP contribution in [0.2, 0.25) is 0 Å². The molecule has 4 heteroatoms. The van der Waals surface area contributed by atoms with Gasteiger partial charge in [-0.3, -0.25) is 0 Å². The van der Waals surface area contributed by atoms with E-state index in [0.717, 1.165) is 5.69 Å². The maximum absolute atomic E-state index is 11.3. The Hall–Kier alpha value is -1.03. The number of hydrogen-bond acceptors (Lipinski definition) is 3. The summed E-state index contributed by atoms with van der Waals surface area (Å²) in [6, 6.07) is 8.21. The molecule has 0 saturated carbocycles. The van der Waals surface area contributed by atoms with Crippen LogP contribution in [0.5, 0.6) is 0 Å². The summed E-state index contributed by atoms with van der Waals surface area (Å²) in [7, 11) is -2.77. The minimum atomic E-state index is -2.77. The average molecular weight is 225 g/mol. The van der Waals surface area contributed by atoms with Crippen molar-refractivity contribution >= 4 is 15.5 Å². The second-order valence-electron chi connectivity index (χ2n) is 3.97. The number of sulfone groups is 1. The normalized spacial score (nSPS) is 20.2. The SMILES string of the molecule is Cc1ccc(N2CCS(=O)(=O)CC2)cc1. The van der Waals surface area contributed by atoms with Gasteiger partial charge in [-0.1, -0.05) is 17.7 Å². The quantitative estimate of drug-likeness (QED) is 0.721. The van der Waals surface area contributed by atoms with Gasteiger partial charge in [0.15, 0.2) is 9.84 Å². The van der Waals surface area contributed by atoms with Gasteiger partial charge in [0.1, 0.15) is 0 Å². The summed E-state index contributed by atoms with van der Waals surface area (Å²) in [6.45, 7) is 3.28. The van der Waals surface area contributed by atoms with Crippen LogP contribution in [0.15, 0.2) is 24.3 Å². The van der Waals surface area contributed by atoms with Crippen LogP contribution in [0.3, 0.4) is 0 Å². The molecule has 0 unspecified atom stereocenters. The number of aryl methyl sites for hydroxylation is 1. The molecule has 1 aliphatic heterocycles. The molecule has 0 bridgehead atoms. The number of nitrogens with zero attached hydrogens (tertiary/aromatic N) is 1. The van der Waals surface area contributed by atoms with Gasteiger partial charge in [-0.15, -0.1) is 0 Å². The van der Waals surface area contributed by atoms with Gasteiger partial charge in [0.05, 0.1) is 11.5 Å². The standard InChI is InChI=1S/C11H15NO2S/c1-10-2-4-11(5-3-10)12-6-8-15(13,14)9-7-12/h2-5H,6-9H2,1H3. The number of anilines is 1. The predicted molar refractivity (Wildman–Crippen MR) is 62.0 cm³/mol. The molecule has 1 saturated heterocycles. The van der Waals surface area contributed by atoms with E-state index < -0.39 is 9.84 Å². The van der Waals surface area contributed by atoms with Crippen molar-refractivity contribution in [3.05, 3.63) is 29.8 Å². The fourth-order valence-electron chi connectivity index (χ4n) is 1.73. The lowest BCUT2D eigenvalue weighted by Gasteiger charge is -2.28. The molecule has 3 nitrogen and oxygen atoms in total. The third kappa shape index (κ3) is 2.50. The maximum Gasteiger partial charge on any atom is 0.153 e. The highest BCUT2D eigenvalue weighted by molar-refractivity contribution is 7.91. The number of rotatable bonds is 1.